The van der Waals surface area contributed by atoms with E-state index in [4.69, 9.17) is 9.47 Å². The average molecular weight is 271 g/mol. The second kappa shape index (κ2) is 6.78. The monoisotopic (exact) mass is 271 g/mol. The molecule has 0 aliphatic heterocycles. The Labute approximate surface area is 115 Å². The summed E-state index contributed by atoms with van der Waals surface area (Å²) >= 11 is 0. The third-order valence-electron chi connectivity index (χ3n) is 3.22. The second-order valence-corrected chi connectivity index (χ2v) is 6.02. The van der Waals surface area contributed by atoms with Crippen LogP contribution < -0.4 is 5.32 Å². The molecule has 5 heteroatoms. The van der Waals surface area contributed by atoms with E-state index in [-0.39, 0.29) is 17.9 Å². The first kappa shape index (κ1) is 15.8. The van der Waals surface area contributed by atoms with Crippen LogP contribution in [0.1, 0.15) is 52.9 Å². The van der Waals surface area contributed by atoms with Gasteiger partial charge in [-0.05, 0) is 33.6 Å². The van der Waals surface area contributed by atoms with Crippen LogP contribution in [0.15, 0.2) is 0 Å². The van der Waals surface area contributed by atoms with Crippen LogP contribution in [-0.2, 0) is 14.3 Å². The minimum Gasteiger partial charge on any atom is -0.469 e. The third kappa shape index (κ3) is 5.49. The number of esters is 1. The first-order valence-electron chi connectivity index (χ1n) is 6.91. The fraction of sp³-hybridized carbons (Fsp3) is 0.857. The number of nitrogens with one attached hydrogen (secondary N) is 1. The van der Waals surface area contributed by atoms with E-state index in [9.17, 15) is 9.59 Å². The molecule has 1 aliphatic carbocycles. The van der Waals surface area contributed by atoms with Gasteiger partial charge in [0.2, 0.25) is 0 Å². The van der Waals surface area contributed by atoms with Crippen molar-refractivity contribution in [2.75, 3.05) is 7.11 Å². The summed E-state index contributed by atoms with van der Waals surface area (Å²) in [5.41, 5.74) is -0.532. The number of amides is 1. The van der Waals surface area contributed by atoms with Gasteiger partial charge in [-0.2, -0.15) is 0 Å². The van der Waals surface area contributed by atoms with Gasteiger partial charge in [-0.15, -0.1) is 0 Å². The van der Waals surface area contributed by atoms with Crippen LogP contribution in [0.5, 0.6) is 0 Å². The van der Waals surface area contributed by atoms with E-state index in [1.54, 1.807) is 0 Å². The highest BCUT2D eigenvalue weighted by atomic mass is 16.6. The molecule has 5 nitrogen and oxygen atoms in total. The molecule has 19 heavy (non-hydrogen) atoms. The Morgan fingerprint density at radius 1 is 1.11 bits per heavy atom. The van der Waals surface area contributed by atoms with Gasteiger partial charge >= 0.3 is 12.1 Å². The summed E-state index contributed by atoms with van der Waals surface area (Å²) < 4.78 is 10.1. The van der Waals surface area contributed by atoms with Crippen molar-refractivity contribution in [3.05, 3.63) is 0 Å². The van der Waals surface area contributed by atoms with Gasteiger partial charge < -0.3 is 14.8 Å². The zero-order valence-corrected chi connectivity index (χ0v) is 12.3. The number of hydrogen-bond donors (Lipinski definition) is 1. The smallest absolute Gasteiger partial charge is 0.407 e. The third-order valence-corrected chi connectivity index (χ3v) is 3.22. The van der Waals surface area contributed by atoms with Crippen LogP contribution in [0.4, 0.5) is 4.79 Å². The summed E-state index contributed by atoms with van der Waals surface area (Å²) in [7, 11) is 1.39. The molecule has 110 valence electrons. The Kier molecular flexibility index (Phi) is 5.63. The van der Waals surface area contributed by atoms with Gasteiger partial charge in [-0.25, -0.2) is 4.79 Å². The summed E-state index contributed by atoms with van der Waals surface area (Å²) in [5, 5.41) is 2.82. The lowest BCUT2D eigenvalue weighted by Crippen LogP contribution is -2.45. The van der Waals surface area contributed by atoms with Crippen molar-refractivity contribution >= 4 is 12.1 Å². The Balaban J connectivity index is 2.65. The molecular formula is C14H25NO4. The molecule has 0 heterocycles. The lowest BCUT2D eigenvalue weighted by atomic mass is 9.95. The van der Waals surface area contributed by atoms with Crippen molar-refractivity contribution in [2.45, 2.75) is 64.5 Å². The average Bonchev–Trinajstić information content (AvgIpc) is 2.51. The zero-order valence-electron chi connectivity index (χ0n) is 12.3. The van der Waals surface area contributed by atoms with Crippen molar-refractivity contribution in [2.24, 2.45) is 5.92 Å². The molecule has 0 spiro atoms. The molecule has 0 saturated heterocycles. The fourth-order valence-corrected chi connectivity index (χ4v) is 2.37. The number of carbonyl (C=O) groups excluding carboxylic acids is 2. The number of rotatable bonds is 2. The van der Waals surface area contributed by atoms with E-state index < -0.39 is 11.7 Å². The summed E-state index contributed by atoms with van der Waals surface area (Å²) in [4.78, 5) is 23.6. The highest BCUT2D eigenvalue weighted by molar-refractivity contribution is 5.75. The number of ether oxygens (including phenoxy) is 2. The molecule has 2 atom stereocenters. The number of methoxy groups -OCH3 is 1. The van der Waals surface area contributed by atoms with Crippen LogP contribution in [0.2, 0.25) is 0 Å². The van der Waals surface area contributed by atoms with Crippen molar-refractivity contribution in [3.8, 4) is 0 Å². The number of carbonyl (C=O) groups is 2. The van der Waals surface area contributed by atoms with Crippen LogP contribution in [0.3, 0.4) is 0 Å². The summed E-state index contributed by atoms with van der Waals surface area (Å²) in [6.45, 7) is 5.45. The fourth-order valence-electron chi connectivity index (χ4n) is 2.37. The van der Waals surface area contributed by atoms with E-state index in [1.165, 1.54) is 7.11 Å². The van der Waals surface area contributed by atoms with E-state index in [2.05, 4.69) is 5.32 Å². The van der Waals surface area contributed by atoms with Gasteiger partial charge in [0.25, 0.3) is 0 Å². The largest absolute Gasteiger partial charge is 0.469 e. The quantitative estimate of drug-likeness (QED) is 0.619. The predicted octanol–water partition coefficient (Wildman–Crippen LogP) is 2.63. The molecule has 0 aromatic rings. The van der Waals surface area contributed by atoms with Crippen LogP contribution in [-0.4, -0.2) is 30.8 Å². The molecule has 1 amide bonds. The summed E-state index contributed by atoms with van der Waals surface area (Å²) in [5.74, 6) is -0.511. The molecule has 1 aliphatic rings. The molecule has 1 fully saturated rings. The van der Waals surface area contributed by atoms with Gasteiger partial charge in [-0.1, -0.05) is 19.3 Å². The lowest BCUT2D eigenvalue weighted by Gasteiger charge is -2.26. The van der Waals surface area contributed by atoms with Crippen LogP contribution in [0, 0.1) is 5.92 Å². The molecule has 1 saturated carbocycles. The Morgan fingerprint density at radius 2 is 1.74 bits per heavy atom. The van der Waals surface area contributed by atoms with Crippen LogP contribution in [0.25, 0.3) is 0 Å². The summed E-state index contributed by atoms with van der Waals surface area (Å²) in [6.07, 6.45) is 4.17. The molecule has 0 aromatic carbocycles. The Bertz CT molecular complexity index is 322. The molecular weight excluding hydrogens is 246 g/mol. The van der Waals surface area contributed by atoms with Gasteiger partial charge in [0.05, 0.1) is 13.0 Å². The van der Waals surface area contributed by atoms with Crippen molar-refractivity contribution < 1.29 is 19.1 Å². The maximum Gasteiger partial charge on any atom is 0.407 e. The molecule has 0 radical (unpaired) electrons. The van der Waals surface area contributed by atoms with Crippen molar-refractivity contribution in [1.82, 2.24) is 5.32 Å². The van der Waals surface area contributed by atoms with Crippen LogP contribution >= 0.6 is 0 Å². The van der Waals surface area contributed by atoms with E-state index in [0.29, 0.717) is 0 Å². The number of hydrogen-bond acceptors (Lipinski definition) is 4. The maximum absolute atomic E-state index is 11.8. The lowest BCUT2D eigenvalue weighted by molar-refractivity contribution is -0.146. The molecule has 0 bridgehead atoms. The standard InChI is InChI=1S/C14H25NO4/c1-14(2,3)19-13(17)15-11-9-7-5-6-8-10(11)12(16)18-4/h10-11H,5-9H2,1-4H3,(H,15,17)/t10-,11-/m1/s1. The molecule has 0 aromatic heterocycles. The minimum atomic E-state index is -0.532. The van der Waals surface area contributed by atoms with Gasteiger partial charge in [0.15, 0.2) is 0 Å². The first-order chi connectivity index (χ1) is 8.83. The maximum atomic E-state index is 11.8. The Morgan fingerprint density at radius 3 is 2.32 bits per heavy atom. The summed E-state index contributed by atoms with van der Waals surface area (Å²) in [6, 6.07) is -0.190. The topological polar surface area (TPSA) is 64.6 Å². The van der Waals surface area contributed by atoms with E-state index in [0.717, 1.165) is 32.1 Å². The van der Waals surface area contributed by atoms with E-state index >= 15 is 0 Å². The van der Waals surface area contributed by atoms with Gasteiger partial charge in [-0.3, -0.25) is 4.79 Å². The molecule has 1 N–H and O–H groups in total. The predicted molar refractivity (Wildman–Crippen MR) is 71.7 cm³/mol. The van der Waals surface area contributed by atoms with Gasteiger partial charge in [0, 0.05) is 6.04 Å². The second-order valence-electron chi connectivity index (χ2n) is 6.02. The highest BCUT2D eigenvalue weighted by Crippen LogP contribution is 2.25. The number of alkyl carbamates (subject to hydrolysis) is 1. The molecule has 0 unspecified atom stereocenters. The molecule has 1 rings (SSSR count). The minimum absolute atomic E-state index is 0.190. The van der Waals surface area contributed by atoms with E-state index in [1.807, 2.05) is 20.8 Å². The van der Waals surface area contributed by atoms with Crippen molar-refractivity contribution in [1.29, 1.82) is 0 Å². The highest BCUT2D eigenvalue weighted by Gasteiger charge is 2.32. The zero-order chi connectivity index (χ0) is 14.5. The van der Waals surface area contributed by atoms with Gasteiger partial charge in [0.1, 0.15) is 5.60 Å². The van der Waals surface area contributed by atoms with Crippen molar-refractivity contribution in [3.63, 3.8) is 0 Å². The Hall–Kier alpha value is -1.26. The SMILES string of the molecule is COC(=O)[C@@H]1CCCCC[C@H]1NC(=O)OC(C)(C)C. The normalized spacial score (nSPS) is 24.2. The first-order valence-corrected chi connectivity index (χ1v) is 6.91.